The molecule has 240 valence electrons. The number of hydrogen-bond acceptors (Lipinski definition) is 11. The number of nitrogens with one attached hydrogen (secondary N) is 1. The molecule has 13 heteroatoms. The quantitative estimate of drug-likeness (QED) is 0.148. The molecule has 2 rings (SSSR count). The molecule has 0 aliphatic carbocycles. The number of carbonyl (C=O) groups is 2. The van der Waals surface area contributed by atoms with Crippen LogP contribution in [0.15, 0.2) is 30.3 Å². The van der Waals surface area contributed by atoms with Gasteiger partial charge in [-0.05, 0) is 5.56 Å². The number of carboxylic acids is 1. The summed E-state index contributed by atoms with van der Waals surface area (Å²) in [6, 6.07) is 9.55. The Kier molecular flexibility index (Phi) is 21.5. The van der Waals surface area contributed by atoms with Crippen molar-refractivity contribution in [2.45, 2.75) is 13.0 Å². The molecule has 1 fully saturated rings. The Balaban J connectivity index is 1.27. The second-order valence-corrected chi connectivity index (χ2v) is 9.49. The number of alkyl carbamates (subject to hydrolysis) is 1. The number of hydrogen-bond donors (Lipinski definition) is 2. The van der Waals surface area contributed by atoms with Gasteiger partial charge in [-0.1, -0.05) is 30.3 Å². The second kappa shape index (κ2) is 25.2. The normalized spacial score (nSPS) is 14.2. The molecule has 13 nitrogen and oxygen atoms in total. The number of carbonyl (C=O) groups excluding carboxylic acids is 1. The zero-order valence-electron chi connectivity index (χ0n) is 24.8. The summed E-state index contributed by atoms with van der Waals surface area (Å²) in [6.45, 7) is 12.3. The van der Waals surface area contributed by atoms with Crippen LogP contribution < -0.4 is 5.32 Å². The van der Waals surface area contributed by atoms with Crippen LogP contribution >= 0.6 is 0 Å². The Labute approximate surface area is 249 Å². The number of nitrogens with zero attached hydrogens (tertiary/aromatic N) is 2. The number of carboxylic acid groups (broad SMARTS) is 1. The van der Waals surface area contributed by atoms with Crippen LogP contribution in [0.4, 0.5) is 4.79 Å². The summed E-state index contributed by atoms with van der Waals surface area (Å²) < 4.78 is 38.0. The molecular formula is C29H49N3O10. The molecule has 1 aliphatic heterocycles. The summed E-state index contributed by atoms with van der Waals surface area (Å²) in [5.41, 5.74) is 0.948. The van der Waals surface area contributed by atoms with Crippen molar-refractivity contribution in [1.29, 1.82) is 0 Å². The third-order valence-corrected chi connectivity index (χ3v) is 6.25. The van der Waals surface area contributed by atoms with E-state index in [1.54, 1.807) is 0 Å². The third kappa shape index (κ3) is 20.5. The summed E-state index contributed by atoms with van der Waals surface area (Å²) in [5.74, 6) is -0.866. The van der Waals surface area contributed by atoms with E-state index in [0.717, 1.165) is 44.8 Å². The molecule has 0 spiro atoms. The molecule has 0 aromatic heterocycles. The minimum Gasteiger partial charge on any atom is -0.481 e. The Hall–Kier alpha value is -2.36. The fourth-order valence-corrected chi connectivity index (χ4v) is 3.87. The SMILES string of the molecule is O=C(O)CCOCCOCCOCCOCCN1CCN(CCOCCOCCNC(=O)OCc2ccccc2)CC1. The Morgan fingerprint density at radius 1 is 0.643 bits per heavy atom. The van der Waals surface area contributed by atoms with Gasteiger partial charge in [0.25, 0.3) is 0 Å². The maximum absolute atomic E-state index is 11.7. The molecule has 0 saturated carbocycles. The van der Waals surface area contributed by atoms with Gasteiger partial charge in [-0.3, -0.25) is 14.6 Å². The highest BCUT2D eigenvalue weighted by Gasteiger charge is 2.16. The van der Waals surface area contributed by atoms with Gasteiger partial charge in [0.05, 0.1) is 85.7 Å². The molecule has 1 heterocycles. The molecule has 42 heavy (non-hydrogen) atoms. The second-order valence-electron chi connectivity index (χ2n) is 9.49. The first-order chi connectivity index (χ1) is 20.6. The van der Waals surface area contributed by atoms with E-state index in [9.17, 15) is 9.59 Å². The predicted molar refractivity (Wildman–Crippen MR) is 155 cm³/mol. The lowest BCUT2D eigenvalue weighted by Crippen LogP contribution is -2.48. The molecule has 1 aliphatic rings. The number of rotatable bonds is 26. The largest absolute Gasteiger partial charge is 0.481 e. The number of piperazine rings is 1. The molecular weight excluding hydrogens is 550 g/mol. The lowest BCUT2D eigenvalue weighted by atomic mass is 10.2. The van der Waals surface area contributed by atoms with Crippen molar-refractivity contribution in [2.24, 2.45) is 0 Å². The summed E-state index contributed by atoms with van der Waals surface area (Å²) in [7, 11) is 0. The first kappa shape index (κ1) is 35.8. The predicted octanol–water partition coefficient (Wildman–Crippen LogP) is 1.10. The standard InChI is InChI=1S/C29H49N3O10/c33-28(34)6-14-36-18-22-40-24-25-41-23-21-39-17-13-32-10-8-31(9-11-32)12-16-38-20-19-37-15-7-30-29(35)42-26-27-4-2-1-3-5-27/h1-5H,6-26H2,(H,30,35)(H,33,34). The number of amides is 1. The highest BCUT2D eigenvalue weighted by Crippen LogP contribution is 2.02. The molecule has 0 radical (unpaired) electrons. The minimum atomic E-state index is -0.866. The van der Waals surface area contributed by atoms with E-state index < -0.39 is 12.1 Å². The van der Waals surface area contributed by atoms with Gasteiger partial charge in [0.2, 0.25) is 0 Å². The molecule has 1 amide bonds. The van der Waals surface area contributed by atoms with Gasteiger partial charge in [-0.2, -0.15) is 0 Å². The monoisotopic (exact) mass is 599 g/mol. The van der Waals surface area contributed by atoms with Crippen LogP contribution in [-0.2, 0) is 44.6 Å². The van der Waals surface area contributed by atoms with E-state index in [1.807, 2.05) is 30.3 Å². The van der Waals surface area contributed by atoms with Crippen LogP contribution in [0.5, 0.6) is 0 Å². The maximum Gasteiger partial charge on any atom is 0.407 e. The summed E-state index contributed by atoms with van der Waals surface area (Å²) in [5, 5.41) is 11.2. The van der Waals surface area contributed by atoms with Gasteiger partial charge in [-0.15, -0.1) is 0 Å². The van der Waals surface area contributed by atoms with Gasteiger partial charge in [0.1, 0.15) is 6.61 Å². The van der Waals surface area contributed by atoms with E-state index in [0.29, 0.717) is 79.2 Å². The van der Waals surface area contributed by atoms with Crippen molar-refractivity contribution < 1.29 is 47.9 Å². The van der Waals surface area contributed by atoms with Gasteiger partial charge in [0.15, 0.2) is 0 Å². The van der Waals surface area contributed by atoms with E-state index in [2.05, 4.69) is 15.1 Å². The first-order valence-electron chi connectivity index (χ1n) is 14.7. The fraction of sp³-hybridized carbons (Fsp3) is 0.724. The third-order valence-electron chi connectivity index (χ3n) is 6.25. The van der Waals surface area contributed by atoms with Gasteiger partial charge < -0.3 is 43.6 Å². The van der Waals surface area contributed by atoms with Crippen molar-refractivity contribution in [1.82, 2.24) is 15.1 Å². The van der Waals surface area contributed by atoms with Crippen LogP contribution in [0.3, 0.4) is 0 Å². The molecule has 1 saturated heterocycles. The van der Waals surface area contributed by atoms with E-state index in [4.69, 9.17) is 38.3 Å². The molecule has 1 aromatic carbocycles. The Morgan fingerprint density at radius 3 is 1.60 bits per heavy atom. The molecule has 0 unspecified atom stereocenters. The lowest BCUT2D eigenvalue weighted by molar-refractivity contribution is -0.138. The molecule has 0 atom stereocenters. The van der Waals surface area contributed by atoms with Gasteiger partial charge >= 0.3 is 12.1 Å². The van der Waals surface area contributed by atoms with Crippen molar-refractivity contribution in [3.63, 3.8) is 0 Å². The van der Waals surface area contributed by atoms with Crippen LogP contribution in [-0.4, -0.2) is 152 Å². The van der Waals surface area contributed by atoms with Crippen molar-refractivity contribution in [2.75, 3.05) is 125 Å². The molecule has 2 N–H and O–H groups in total. The van der Waals surface area contributed by atoms with E-state index in [1.165, 1.54) is 0 Å². The first-order valence-corrected chi connectivity index (χ1v) is 14.7. The van der Waals surface area contributed by atoms with Crippen molar-refractivity contribution in [3.05, 3.63) is 35.9 Å². The summed E-state index contributed by atoms with van der Waals surface area (Å²) >= 11 is 0. The zero-order valence-corrected chi connectivity index (χ0v) is 24.8. The van der Waals surface area contributed by atoms with Crippen molar-refractivity contribution >= 4 is 12.1 Å². The number of ether oxygens (including phenoxy) is 7. The van der Waals surface area contributed by atoms with Crippen LogP contribution in [0.25, 0.3) is 0 Å². The zero-order chi connectivity index (χ0) is 29.9. The summed E-state index contributed by atoms with van der Waals surface area (Å²) in [6.07, 6.45) is -0.446. The summed E-state index contributed by atoms with van der Waals surface area (Å²) in [4.78, 5) is 26.8. The number of aliphatic carboxylic acids is 1. The molecule has 1 aromatic rings. The minimum absolute atomic E-state index is 0.00609. The highest BCUT2D eigenvalue weighted by molar-refractivity contribution is 5.67. The smallest absolute Gasteiger partial charge is 0.407 e. The molecule has 0 bridgehead atoms. The fourth-order valence-electron chi connectivity index (χ4n) is 3.87. The van der Waals surface area contributed by atoms with Crippen LogP contribution in [0.1, 0.15) is 12.0 Å². The topological polar surface area (TPSA) is 137 Å². The maximum atomic E-state index is 11.7. The Morgan fingerprint density at radius 2 is 1.10 bits per heavy atom. The van der Waals surface area contributed by atoms with Gasteiger partial charge in [-0.25, -0.2) is 4.79 Å². The average molecular weight is 600 g/mol. The van der Waals surface area contributed by atoms with Crippen LogP contribution in [0, 0.1) is 0 Å². The van der Waals surface area contributed by atoms with Gasteiger partial charge in [0, 0.05) is 45.8 Å². The number of benzene rings is 1. The van der Waals surface area contributed by atoms with Crippen molar-refractivity contribution in [3.8, 4) is 0 Å². The Bertz CT molecular complexity index is 797. The highest BCUT2D eigenvalue weighted by atomic mass is 16.6. The average Bonchev–Trinajstić information content (AvgIpc) is 3.00. The van der Waals surface area contributed by atoms with E-state index in [-0.39, 0.29) is 19.6 Å². The van der Waals surface area contributed by atoms with Crippen LogP contribution in [0.2, 0.25) is 0 Å². The van der Waals surface area contributed by atoms with E-state index >= 15 is 0 Å². The lowest BCUT2D eigenvalue weighted by Gasteiger charge is -2.34.